The molecule has 0 spiro atoms. The summed E-state index contributed by atoms with van der Waals surface area (Å²) in [7, 11) is 1.70. The van der Waals surface area contributed by atoms with Gasteiger partial charge < -0.3 is 0 Å². The van der Waals surface area contributed by atoms with Crippen molar-refractivity contribution in [2.45, 2.75) is 0 Å². The molecular formula is C13H9BO2. The summed E-state index contributed by atoms with van der Waals surface area (Å²) < 4.78 is 11.1. The van der Waals surface area contributed by atoms with E-state index in [0.717, 1.165) is 16.4 Å². The number of fused-ring (bicyclic) bond motifs is 1. The summed E-state index contributed by atoms with van der Waals surface area (Å²) in [4.78, 5) is 0. The molecule has 0 amide bonds. The van der Waals surface area contributed by atoms with Gasteiger partial charge in [0.2, 0.25) is 0 Å². The fraction of sp³-hybridized carbons (Fsp3) is 0. The molecular weight excluding hydrogens is 199 g/mol. The number of hydrogen-bond acceptors (Lipinski definition) is 2. The van der Waals surface area contributed by atoms with Gasteiger partial charge in [0.25, 0.3) is 0 Å². The molecule has 3 heteroatoms. The van der Waals surface area contributed by atoms with E-state index < -0.39 is 0 Å². The standard InChI is InChI=1S/C13H9BO2/c1-2-6-10(7-3-1)15-13-11-8-4-5-9-12(11)14-16-13/h1-9H. The molecule has 0 saturated carbocycles. The second kappa shape index (κ2) is 3.85. The minimum absolute atomic E-state index is 0.543. The van der Waals surface area contributed by atoms with Crippen molar-refractivity contribution >= 4 is 17.8 Å². The van der Waals surface area contributed by atoms with Gasteiger partial charge in [0.05, 0.1) is 0 Å². The zero-order valence-electron chi connectivity index (χ0n) is 8.59. The summed E-state index contributed by atoms with van der Waals surface area (Å²) in [6.07, 6.45) is 0. The van der Waals surface area contributed by atoms with E-state index in [2.05, 4.69) is 0 Å². The molecule has 3 rings (SSSR count). The number of benzene rings is 2. The van der Waals surface area contributed by atoms with Crippen LogP contribution in [-0.4, -0.2) is 7.13 Å². The molecule has 0 atom stereocenters. The SMILES string of the molecule is b1oc(Oc2ccccc2)c2ccccc12. The second-order valence-corrected chi connectivity index (χ2v) is 3.53. The first kappa shape index (κ1) is 9.22. The van der Waals surface area contributed by atoms with Gasteiger partial charge in [-0.3, -0.25) is 0 Å². The third-order valence-corrected chi connectivity index (χ3v) is 2.43. The van der Waals surface area contributed by atoms with Crippen molar-refractivity contribution in [1.29, 1.82) is 0 Å². The van der Waals surface area contributed by atoms with E-state index in [4.69, 9.17) is 9.07 Å². The normalized spacial score (nSPS) is 10.2. The van der Waals surface area contributed by atoms with Crippen LogP contribution in [-0.2, 0) is 0 Å². The second-order valence-electron chi connectivity index (χ2n) is 3.53. The van der Waals surface area contributed by atoms with Crippen molar-refractivity contribution in [3.8, 4) is 11.7 Å². The number of ether oxygens (including phenoxy) is 1. The van der Waals surface area contributed by atoms with E-state index in [0.29, 0.717) is 5.95 Å². The summed E-state index contributed by atoms with van der Waals surface area (Å²) in [5.74, 6) is 1.32. The summed E-state index contributed by atoms with van der Waals surface area (Å²) in [5, 5.41) is 2.04. The van der Waals surface area contributed by atoms with Crippen LogP contribution in [0.4, 0.5) is 0 Å². The third-order valence-electron chi connectivity index (χ3n) is 2.43. The molecule has 0 saturated heterocycles. The quantitative estimate of drug-likeness (QED) is 0.642. The fourth-order valence-electron chi connectivity index (χ4n) is 1.64. The molecule has 0 aliphatic rings. The van der Waals surface area contributed by atoms with Crippen LogP contribution >= 0.6 is 0 Å². The van der Waals surface area contributed by atoms with Crippen molar-refractivity contribution in [3.05, 3.63) is 54.6 Å². The average molecular weight is 208 g/mol. The topological polar surface area (TPSA) is 22.4 Å². The van der Waals surface area contributed by atoms with Crippen LogP contribution in [0, 0.1) is 0 Å². The van der Waals surface area contributed by atoms with Crippen LogP contribution in [0.2, 0.25) is 0 Å². The predicted octanol–water partition coefficient (Wildman–Crippen LogP) is 3.56. The Kier molecular flexibility index (Phi) is 2.22. The first-order valence-electron chi connectivity index (χ1n) is 5.12. The average Bonchev–Trinajstić information content (AvgIpc) is 2.74. The van der Waals surface area contributed by atoms with E-state index >= 15 is 0 Å². The van der Waals surface area contributed by atoms with E-state index in [1.54, 1.807) is 7.13 Å². The van der Waals surface area contributed by atoms with Gasteiger partial charge in [0, 0.05) is 0 Å². The van der Waals surface area contributed by atoms with Crippen molar-refractivity contribution < 1.29 is 9.07 Å². The maximum atomic E-state index is 5.66. The molecule has 2 aromatic carbocycles. The summed E-state index contributed by atoms with van der Waals surface area (Å²) >= 11 is 0. The van der Waals surface area contributed by atoms with Crippen LogP contribution in [0.15, 0.2) is 58.9 Å². The Bertz CT molecular complexity index is 601. The predicted molar refractivity (Wildman–Crippen MR) is 64.1 cm³/mol. The Morgan fingerprint density at radius 1 is 0.875 bits per heavy atom. The molecule has 2 nitrogen and oxygen atoms in total. The number of rotatable bonds is 2. The minimum atomic E-state index is 0.543. The van der Waals surface area contributed by atoms with Gasteiger partial charge >= 0.3 is 93.2 Å². The summed E-state index contributed by atoms with van der Waals surface area (Å²) in [5.41, 5.74) is 0. The third kappa shape index (κ3) is 1.61. The molecule has 76 valence electrons. The van der Waals surface area contributed by atoms with Gasteiger partial charge in [0.15, 0.2) is 0 Å². The van der Waals surface area contributed by atoms with Crippen molar-refractivity contribution in [1.82, 2.24) is 0 Å². The van der Waals surface area contributed by atoms with Gasteiger partial charge in [-0.15, -0.1) is 0 Å². The van der Waals surface area contributed by atoms with Crippen molar-refractivity contribution in [2.75, 3.05) is 0 Å². The monoisotopic (exact) mass is 208 g/mol. The van der Waals surface area contributed by atoms with Crippen molar-refractivity contribution in [3.63, 3.8) is 0 Å². The molecule has 1 aromatic heterocycles. The first-order valence-corrected chi connectivity index (χ1v) is 5.12. The summed E-state index contributed by atoms with van der Waals surface area (Å²) in [6.45, 7) is 0. The molecule has 0 aliphatic carbocycles. The zero-order chi connectivity index (χ0) is 10.8. The van der Waals surface area contributed by atoms with Crippen LogP contribution in [0.3, 0.4) is 0 Å². The van der Waals surface area contributed by atoms with Crippen LogP contribution in [0.1, 0.15) is 0 Å². The molecule has 0 unspecified atom stereocenters. The molecule has 0 N–H and O–H groups in total. The zero-order valence-corrected chi connectivity index (χ0v) is 8.59. The van der Waals surface area contributed by atoms with Crippen LogP contribution in [0.25, 0.3) is 10.7 Å². The van der Waals surface area contributed by atoms with Gasteiger partial charge in [-0.1, -0.05) is 0 Å². The van der Waals surface area contributed by atoms with E-state index in [1.165, 1.54) is 0 Å². The van der Waals surface area contributed by atoms with Gasteiger partial charge in [0.1, 0.15) is 0 Å². The molecule has 1 heterocycles. The Morgan fingerprint density at radius 2 is 1.62 bits per heavy atom. The van der Waals surface area contributed by atoms with E-state index in [9.17, 15) is 0 Å². The van der Waals surface area contributed by atoms with E-state index in [-0.39, 0.29) is 0 Å². The Labute approximate surface area is 93.7 Å². The fourth-order valence-corrected chi connectivity index (χ4v) is 1.64. The molecule has 0 aliphatic heterocycles. The van der Waals surface area contributed by atoms with Crippen LogP contribution in [0.5, 0.6) is 11.7 Å². The van der Waals surface area contributed by atoms with E-state index in [1.807, 2.05) is 54.6 Å². The summed E-state index contributed by atoms with van der Waals surface area (Å²) in [6, 6.07) is 17.5. The Hall–Kier alpha value is -2.03. The molecule has 0 bridgehead atoms. The number of para-hydroxylation sites is 1. The molecule has 16 heavy (non-hydrogen) atoms. The van der Waals surface area contributed by atoms with Gasteiger partial charge in [-0.2, -0.15) is 0 Å². The first-order chi connectivity index (χ1) is 7.93. The Balaban J connectivity index is 2.01. The molecule has 0 fully saturated rings. The van der Waals surface area contributed by atoms with Gasteiger partial charge in [-0.25, -0.2) is 0 Å². The number of hydrogen-bond donors (Lipinski definition) is 0. The van der Waals surface area contributed by atoms with Crippen LogP contribution < -0.4 is 4.74 Å². The molecule has 3 aromatic rings. The van der Waals surface area contributed by atoms with Crippen molar-refractivity contribution in [2.24, 2.45) is 0 Å². The maximum absolute atomic E-state index is 5.66. The Morgan fingerprint density at radius 3 is 2.50 bits per heavy atom. The van der Waals surface area contributed by atoms with Gasteiger partial charge in [-0.05, 0) is 0 Å². The molecule has 0 radical (unpaired) electrons.